The van der Waals surface area contributed by atoms with Gasteiger partial charge in [0.1, 0.15) is 17.1 Å². The predicted molar refractivity (Wildman–Crippen MR) is 68.9 cm³/mol. The molecular weight excluding hydrogens is 247 g/mol. The zero-order chi connectivity index (χ0) is 13.6. The van der Waals surface area contributed by atoms with E-state index in [0.717, 1.165) is 18.4 Å². The molecule has 0 saturated heterocycles. The van der Waals surface area contributed by atoms with Gasteiger partial charge in [-0.25, -0.2) is 4.79 Å². The fourth-order valence-corrected chi connectivity index (χ4v) is 2.63. The molecule has 0 spiro atoms. The third-order valence-corrected chi connectivity index (χ3v) is 3.67. The maximum absolute atomic E-state index is 11.4. The Labute approximate surface area is 111 Å². The Hall–Kier alpha value is -1.69. The average molecular weight is 262 g/mol. The van der Waals surface area contributed by atoms with Crippen molar-refractivity contribution in [2.24, 2.45) is 0 Å². The predicted octanol–water partition coefficient (Wildman–Crippen LogP) is 1.90. The van der Waals surface area contributed by atoms with Crippen molar-refractivity contribution >= 4 is 13.1 Å². The summed E-state index contributed by atoms with van der Waals surface area (Å²) in [5, 5.41) is 19.1. The Balaban J connectivity index is 2.05. The molecule has 1 aliphatic heterocycles. The van der Waals surface area contributed by atoms with Crippen molar-refractivity contribution in [3.05, 3.63) is 23.3 Å². The van der Waals surface area contributed by atoms with E-state index in [1.807, 2.05) is 13.0 Å². The van der Waals surface area contributed by atoms with Gasteiger partial charge in [0.15, 0.2) is 0 Å². The monoisotopic (exact) mass is 262 g/mol. The highest BCUT2D eigenvalue weighted by Gasteiger charge is 2.54. The van der Waals surface area contributed by atoms with E-state index in [-0.39, 0.29) is 23.0 Å². The van der Waals surface area contributed by atoms with Crippen LogP contribution < -0.4 is 9.39 Å². The second-order valence-electron chi connectivity index (χ2n) is 5.03. The molecule has 1 aliphatic carbocycles. The fraction of sp³-hybridized carbons (Fsp3) is 0.462. The molecule has 1 aromatic carbocycles. The van der Waals surface area contributed by atoms with Gasteiger partial charge in [0.25, 0.3) is 0 Å². The maximum Gasteiger partial charge on any atom is 0.526 e. The maximum atomic E-state index is 11.4. The molecule has 6 heteroatoms. The molecule has 0 radical (unpaired) electrons. The van der Waals surface area contributed by atoms with E-state index in [1.165, 1.54) is 0 Å². The summed E-state index contributed by atoms with van der Waals surface area (Å²) < 4.78 is 10.8. The number of rotatable bonds is 4. The summed E-state index contributed by atoms with van der Waals surface area (Å²) in [7, 11) is -0.906. The number of carbonyl (C=O) groups is 1. The normalized spacial score (nSPS) is 23.2. The molecule has 100 valence electrons. The Morgan fingerprint density at radius 1 is 1.58 bits per heavy atom. The lowest BCUT2D eigenvalue weighted by Gasteiger charge is -2.22. The van der Waals surface area contributed by atoms with E-state index in [1.54, 1.807) is 6.07 Å². The van der Waals surface area contributed by atoms with Crippen LogP contribution in [0.15, 0.2) is 12.1 Å². The molecule has 2 N–H and O–H groups in total. The number of carboxylic acid groups (broad SMARTS) is 1. The van der Waals surface area contributed by atoms with E-state index in [2.05, 4.69) is 0 Å². The Morgan fingerprint density at radius 3 is 3.05 bits per heavy atom. The van der Waals surface area contributed by atoms with E-state index in [4.69, 9.17) is 9.39 Å². The van der Waals surface area contributed by atoms with Crippen molar-refractivity contribution in [2.75, 3.05) is 6.61 Å². The molecule has 0 bridgehead atoms. The molecule has 2 atom stereocenters. The van der Waals surface area contributed by atoms with Gasteiger partial charge in [-0.05, 0) is 30.4 Å². The zero-order valence-electron chi connectivity index (χ0n) is 10.6. The first kappa shape index (κ1) is 12.4. The highest BCUT2D eigenvalue weighted by Crippen LogP contribution is 2.60. The lowest BCUT2D eigenvalue weighted by Crippen LogP contribution is -2.27. The minimum absolute atomic E-state index is 0.0235. The fourth-order valence-electron chi connectivity index (χ4n) is 2.63. The summed E-state index contributed by atoms with van der Waals surface area (Å²) in [5.74, 6) is -0.186. The van der Waals surface area contributed by atoms with Gasteiger partial charge >= 0.3 is 13.1 Å². The van der Waals surface area contributed by atoms with Crippen LogP contribution in [0.4, 0.5) is 0 Å². The van der Waals surface area contributed by atoms with Crippen LogP contribution in [0.25, 0.3) is 0 Å². The molecule has 1 saturated carbocycles. The first-order valence-electron chi connectivity index (χ1n) is 6.51. The van der Waals surface area contributed by atoms with Crippen molar-refractivity contribution in [1.82, 2.24) is 0 Å². The van der Waals surface area contributed by atoms with Crippen molar-refractivity contribution < 1.29 is 24.3 Å². The molecule has 1 aromatic rings. The third kappa shape index (κ3) is 1.96. The number of fused-ring (bicyclic) bond motifs is 3. The van der Waals surface area contributed by atoms with Gasteiger partial charge in [0.2, 0.25) is 0 Å². The first-order chi connectivity index (χ1) is 9.13. The average Bonchev–Trinajstić information content (AvgIpc) is 3.16. The van der Waals surface area contributed by atoms with Crippen LogP contribution in [-0.4, -0.2) is 29.8 Å². The molecule has 3 rings (SSSR count). The van der Waals surface area contributed by atoms with Crippen molar-refractivity contribution in [3.8, 4) is 11.5 Å². The highest BCUT2D eigenvalue weighted by molar-refractivity contribution is 6.48. The standard InChI is InChI=1S/C13H15BO5/c1-2-5-18-10-4-3-7-8-6-9(8)14(17)19-12(7)11(10)13(15)16/h3-4,8-9,17H,2,5-6H2,1H3,(H,15,16). The van der Waals surface area contributed by atoms with Crippen molar-refractivity contribution in [2.45, 2.75) is 31.5 Å². The summed E-state index contributed by atoms with van der Waals surface area (Å²) in [6.07, 6.45) is 1.65. The van der Waals surface area contributed by atoms with Crippen LogP contribution in [-0.2, 0) is 0 Å². The van der Waals surface area contributed by atoms with Crippen LogP contribution in [0.1, 0.15) is 41.6 Å². The van der Waals surface area contributed by atoms with E-state index in [0.29, 0.717) is 12.4 Å². The molecule has 2 aliphatic rings. The van der Waals surface area contributed by atoms with Gasteiger partial charge in [-0.3, -0.25) is 0 Å². The van der Waals surface area contributed by atoms with Gasteiger partial charge in [-0.1, -0.05) is 13.0 Å². The number of ether oxygens (including phenoxy) is 1. The smallest absolute Gasteiger partial charge is 0.526 e. The molecule has 1 heterocycles. The zero-order valence-corrected chi connectivity index (χ0v) is 10.6. The lowest BCUT2D eigenvalue weighted by molar-refractivity contribution is 0.0689. The van der Waals surface area contributed by atoms with Gasteiger partial charge in [0.05, 0.1) is 6.61 Å². The summed E-state index contributed by atoms with van der Waals surface area (Å²) in [4.78, 5) is 11.4. The highest BCUT2D eigenvalue weighted by atomic mass is 16.5. The number of carboxylic acids is 1. The second kappa shape index (κ2) is 4.45. The van der Waals surface area contributed by atoms with Gasteiger partial charge in [0, 0.05) is 5.82 Å². The van der Waals surface area contributed by atoms with Crippen LogP contribution in [0, 0.1) is 0 Å². The number of hydrogen-bond donors (Lipinski definition) is 2. The number of benzene rings is 1. The van der Waals surface area contributed by atoms with Crippen LogP contribution in [0.3, 0.4) is 0 Å². The van der Waals surface area contributed by atoms with Crippen molar-refractivity contribution in [1.29, 1.82) is 0 Å². The van der Waals surface area contributed by atoms with Gasteiger partial charge < -0.3 is 19.5 Å². The van der Waals surface area contributed by atoms with E-state index >= 15 is 0 Å². The number of aromatic carboxylic acids is 1. The number of hydrogen-bond acceptors (Lipinski definition) is 4. The molecule has 1 fully saturated rings. The third-order valence-electron chi connectivity index (χ3n) is 3.67. The minimum atomic E-state index is -1.09. The van der Waals surface area contributed by atoms with Crippen molar-refractivity contribution in [3.63, 3.8) is 0 Å². The lowest BCUT2D eigenvalue weighted by atomic mass is 9.77. The van der Waals surface area contributed by atoms with Crippen LogP contribution in [0.2, 0.25) is 5.82 Å². The minimum Gasteiger partial charge on any atom is -0.535 e. The van der Waals surface area contributed by atoms with Gasteiger partial charge in [-0.15, -0.1) is 0 Å². The summed E-state index contributed by atoms with van der Waals surface area (Å²) in [6.45, 7) is 2.40. The molecule has 5 nitrogen and oxygen atoms in total. The molecule has 0 amide bonds. The van der Waals surface area contributed by atoms with E-state index < -0.39 is 13.1 Å². The molecule has 2 unspecified atom stereocenters. The quantitative estimate of drug-likeness (QED) is 0.810. The molecule has 0 aromatic heterocycles. The summed E-state index contributed by atoms with van der Waals surface area (Å²) in [5.41, 5.74) is 0.895. The topological polar surface area (TPSA) is 76.0 Å². The van der Waals surface area contributed by atoms with Crippen LogP contribution >= 0.6 is 0 Å². The Kier molecular flexibility index (Phi) is 2.90. The molecule has 19 heavy (non-hydrogen) atoms. The van der Waals surface area contributed by atoms with Crippen LogP contribution in [0.5, 0.6) is 11.5 Å². The second-order valence-corrected chi connectivity index (χ2v) is 5.03. The van der Waals surface area contributed by atoms with E-state index in [9.17, 15) is 14.9 Å². The van der Waals surface area contributed by atoms with Gasteiger partial charge in [-0.2, -0.15) is 0 Å². The largest absolute Gasteiger partial charge is 0.535 e. The first-order valence-corrected chi connectivity index (χ1v) is 6.51. The SMILES string of the molecule is CCCOc1ccc2c(c1C(=O)O)OB(O)C1CC21. The molecular formula is C13H15BO5. The Morgan fingerprint density at radius 2 is 2.37 bits per heavy atom. The summed E-state index contributed by atoms with van der Waals surface area (Å²) in [6, 6.07) is 3.54. The summed E-state index contributed by atoms with van der Waals surface area (Å²) >= 11 is 0. The Bertz CT molecular complexity index is 530.